The van der Waals surface area contributed by atoms with Crippen LogP contribution >= 0.6 is 23.1 Å². The highest BCUT2D eigenvalue weighted by Gasteiger charge is 2.27. The first-order chi connectivity index (χ1) is 15.8. The molecule has 9 nitrogen and oxygen atoms in total. The van der Waals surface area contributed by atoms with E-state index >= 15 is 0 Å². The van der Waals surface area contributed by atoms with Crippen LogP contribution in [-0.2, 0) is 16.1 Å². The third-order valence-electron chi connectivity index (χ3n) is 5.75. The summed E-state index contributed by atoms with van der Waals surface area (Å²) in [7, 11) is 4.55. The third-order valence-corrected chi connectivity index (χ3v) is 7.92. The Morgan fingerprint density at radius 2 is 1.91 bits per heavy atom. The van der Waals surface area contributed by atoms with Gasteiger partial charge in [-0.25, -0.2) is 4.79 Å². The average Bonchev–Trinajstić information content (AvgIpc) is 3.37. The van der Waals surface area contributed by atoms with Crippen LogP contribution in [0.25, 0.3) is 0 Å². The van der Waals surface area contributed by atoms with Crippen LogP contribution in [0.2, 0.25) is 0 Å². The molecular formula is C22H31N5O4S2. The SMILES string of the molecule is CCn1c(SCC(=O)Nc2sc(C(=O)N(C)C)c(C)c2C(=O)OC)nnc1C1CCCCC1. The van der Waals surface area contributed by atoms with Crippen molar-refractivity contribution in [3.05, 3.63) is 21.8 Å². The molecule has 0 unspecified atom stereocenters. The molecule has 1 N–H and O–H groups in total. The Morgan fingerprint density at radius 1 is 1.21 bits per heavy atom. The lowest BCUT2D eigenvalue weighted by atomic mass is 9.89. The summed E-state index contributed by atoms with van der Waals surface area (Å²) in [6.45, 7) is 4.48. The van der Waals surface area contributed by atoms with E-state index in [0.717, 1.165) is 36.5 Å². The number of methoxy groups -OCH3 is 1. The second kappa shape index (κ2) is 11.1. The predicted octanol–water partition coefficient (Wildman–Crippen LogP) is 3.93. The molecular weight excluding hydrogens is 462 g/mol. The van der Waals surface area contributed by atoms with Crippen molar-refractivity contribution < 1.29 is 19.1 Å². The maximum Gasteiger partial charge on any atom is 0.341 e. The van der Waals surface area contributed by atoms with E-state index < -0.39 is 5.97 Å². The lowest BCUT2D eigenvalue weighted by Gasteiger charge is -2.21. The van der Waals surface area contributed by atoms with Gasteiger partial charge in [0.1, 0.15) is 10.8 Å². The average molecular weight is 494 g/mol. The minimum atomic E-state index is -0.590. The fourth-order valence-corrected chi connectivity index (χ4v) is 6.06. The number of ether oxygens (including phenoxy) is 1. The number of anilines is 1. The molecule has 2 heterocycles. The Hall–Kier alpha value is -2.40. The number of carbonyl (C=O) groups is 3. The Kier molecular flexibility index (Phi) is 8.52. The molecule has 0 bridgehead atoms. The number of nitrogens with zero attached hydrogens (tertiary/aromatic N) is 4. The summed E-state index contributed by atoms with van der Waals surface area (Å²) in [6, 6.07) is 0. The summed E-state index contributed by atoms with van der Waals surface area (Å²) in [5.41, 5.74) is 0.707. The summed E-state index contributed by atoms with van der Waals surface area (Å²) in [5.74, 6) is 0.431. The fraction of sp³-hybridized carbons (Fsp3) is 0.591. The molecule has 0 aromatic carbocycles. The molecule has 0 radical (unpaired) electrons. The van der Waals surface area contributed by atoms with Gasteiger partial charge in [0.2, 0.25) is 5.91 Å². The number of thiophene rings is 1. The summed E-state index contributed by atoms with van der Waals surface area (Å²) >= 11 is 2.40. The second-order valence-corrected chi connectivity index (χ2v) is 10.2. The fourth-order valence-electron chi connectivity index (χ4n) is 4.02. The van der Waals surface area contributed by atoms with Gasteiger partial charge in [-0.3, -0.25) is 9.59 Å². The maximum atomic E-state index is 12.8. The van der Waals surface area contributed by atoms with E-state index in [-0.39, 0.29) is 23.1 Å². The molecule has 1 aliphatic rings. The minimum absolute atomic E-state index is 0.108. The Morgan fingerprint density at radius 3 is 2.52 bits per heavy atom. The highest BCUT2D eigenvalue weighted by atomic mass is 32.2. The van der Waals surface area contributed by atoms with Gasteiger partial charge in [0, 0.05) is 26.6 Å². The lowest BCUT2D eigenvalue weighted by Crippen LogP contribution is -2.21. The first kappa shape index (κ1) is 25.2. The van der Waals surface area contributed by atoms with E-state index in [0.29, 0.717) is 26.5 Å². The summed E-state index contributed by atoms with van der Waals surface area (Å²) < 4.78 is 6.97. The molecule has 1 saturated carbocycles. The molecule has 0 atom stereocenters. The largest absolute Gasteiger partial charge is 0.465 e. The Bertz CT molecular complexity index is 1020. The minimum Gasteiger partial charge on any atom is -0.465 e. The van der Waals surface area contributed by atoms with Crippen LogP contribution in [0, 0.1) is 6.92 Å². The molecule has 0 saturated heterocycles. The van der Waals surface area contributed by atoms with E-state index in [4.69, 9.17) is 4.74 Å². The number of carbonyl (C=O) groups excluding carboxylic acids is 3. The van der Waals surface area contributed by atoms with E-state index in [9.17, 15) is 14.4 Å². The van der Waals surface area contributed by atoms with Crippen molar-refractivity contribution in [1.82, 2.24) is 19.7 Å². The van der Waals surface area contributed by atoms with Crippen LogP contribution in [0.1, 0.15) is 76.4 Å². The van der Waals surface area contributed by atoms with Crippen molar-refractivity contribution in [3.63, 3.8) is 0 Å². The third kappa shape index (κ3) is 5.57. The van der Waals surface area contributed by atoms with Crippen molar-refractivity contribution in [2.24, 2.45) is 0 Å². The standard InChI is InChI=1S/C22H31N5O4S2/c1-6-27-18(14-10-8-7-9-11-14)24-25-22(27)32-12-15(28)23-19-16(21(30)31-5)13(2)17(33-19)20(29)26(3)4/h14H,6-12H2,1-5H3,(H,23,28). The van der Waals surface area contributed by atoms with Crippen LogP contribution in [0.5, 0.6) is 0 Å². The molecule has 0 aliphatic heterocycles. The van der Waals surface area contributed by atoms with Crippen LogP contribution in [0.3, 0.4) is 0 Å². The summed E-state index contributed by atoms with van der Waals surface area (Å²) in [4.78, 5) is 39.4. The molecule has 33 heavy (non-hydrogen) atoms. The number of esters is 1. The maximum absolute atomic E-state index is 12.8. The van der Waals surface area contributed by atoms with E-state index in [2.05, 4.69) is 27.0 Å². The van der Waals surface area contributed by atoms with Gasteiger partial charge in [0.15, 0.2) is 5.16 Å². The molecule has 0 spiro atoms. The number of hydrogen-bond donors (Lipinski definition) is 1. The van der Waals surface area contributed by atoms with Crippen LogP contribution < -0.4 is 5.32 Å². The molecule has 11 heteroatoms. The smallest absolute Gasteiger partial charge is 0.341 e. The molecule has 1 fully saturated rings. The van der Waals surface area contributed by atoms with Gasteiger partial charge in [-0.2, -0.15) is 0 Å². The molecule has 1 aliphatic carbocycles. The Labute approximate surface area is 202 Å². The lowest BCUT2D eigenvalue weighted by molar-refractivity contribution is -0.113. The summed E-state index contributed by atoms with van der Waals surface area (Å²) in [6.07, 6.45) is 5.97. The number of nitrogens with one attached hydrogen (secondary N) is 1. The highest BCUT2D eigenvalue weighted by Crippen LogP contribution is 2.35. The zero-order valence-electron chi connectivity index (χ0n) is 19.8. The van der Waals surface area contributed by atoms with Gasteiger partial charge in [0.05, 0.1) is 23.3 Å². The van der Waals surface area contributed by atoms with Crippen LogP contribution in [0.15, 0.2) is 5.16 Å². The quantitative estimate of drug-likeness (QED) is 0.438. The van der Waals surface area contributed by atoms with Gasteiger partial charge < -0.3 is 19.5 Å². The second-order valence-electron chi connectivity index (χ2n) is 8.21. The van der Waals surface area contributed by atoms with Crippen LogP contribution in [0.4, 0.5) is 5.00 Å². The van der Waals surface area contributed by atoms with Crippen molar-refractivity contribution in [3.8, 4) is 0 Å². The molecule has 2 amide bonds. The number of thioether (sulfide) groups is 1. The van der Waals surface area contributed by atoms with Gasteiger partial charge >= 0.3 is 5.97 Å². The van der Waals surface area contributed by atoms with Crippen molar-refractivity contribution in [2.45, 2.75) is 63.6 Å². The zero-order valence-corrected chi connectivity index (χ0v) is 21.4. The monoisotopic (exact) mass is 493 g/mol. The van der Waals surface area contributed by atoms with Gasteiger partial charge in [-0.05, 0) is 32.3 Å². The first-order valence-corrected chi connectivity index (χ1v) is 12.9. The number of hydrogen-bond acceptors (Lipinski definition) is 8. The molecule has 3 rings (SSSR count). The molecule has 2 aromatic heterocycles. The van der Waals surface area contributed by atoms with Gasteiger partial charge in [-0.15, -0.1) is 21.5 Å². The zero-order chi connectivity index (χ0) is 24.1. The van der Waals surface area contributed by atoms with E-state index in [1.165, 1.54) is 43.0 Å². The number of rotatable bonds is 8. The van der Waals surface area contributed by atoms with Crippen molar-refractivity contribution >= 4 is 45.9 Å². The first-order valence-electron chi connectivity index (χ1n) is 11.1. The molecule has 180 valence electrons. The van der Waals surface area contributed by atoms with Crippen molar-refractivity contribution in [2.75, 3.05) is 32.3 Å². The van der Waals surface area contributed by atoms with Crippen LogP contribution in [-0.4, -0.2) is 64.4 Å². The van der Waals surface area contributed by atoms with Gasteiger partial charge in [0.25, 0.3) is 5.91 Å². The predicted molar refractivity (Wildman–Crippen MR) is 129 cm³/mol. The number of amides is 2. The van der Waals surface area contributed by atoms with Gasteiger partial charge in [-0.1, -0.05) is 31.0 Å². The van der Waals surface area contributed by atoms with E-state index in [1.54, 1.807) is 21.0 Å². The topological polar surface area (TPSA) is 106 Å². The highest BCUT2D eigenvalue weighted by molar-refractivity contribution is 7.99. The number of aromatic nitrogens is 3. The summed E-state index contributed by atoms with van der Waals surface area (Å²) in [5, 5.41) is 12.6. The van der Waals surface area contributed by atoms with Crippen molar-refractivity contribution in [1.29, 1.82) is 0 Å². The molecule has 2 aromatic rings. The Balaban J connectivity index is 1.74. The normalized spacial score (nSPS) is 14.2. The van der Waals surface area contributed by atoms with E-state index in [1.807, 2.05) is 0 Å².